The van der Waals surface area contributed by atoms with Crippen LogP contribution in [0, 0.1) is 0 Å². The van der Waals surface area contributed by atoms with E-state index in [1.165, 1.54) is 22.9 Å². The molecule has 0 aliphatic carbocycles. The van der Waals surface area contributed by atoms with E-state index in [2.05, 4.69) is 9.84 Å². The number of para-hydroxylation sites is 1. The van der Waals surface area contributed by atoms with E-state index in [4.69, 9.17) is 11.5 Å². The monoisotopic (exact) mass is 350 g/mol. The first kappa shape index (κ1) is 16.6. The highest BCUT2D eigenvalue weighted by Crippen LogP contribution is 2.35. The first-order valence-corrected chi connectivity index (χ1v) is 7.14. The molecule has 0 aliphatic rings. The number of aromatic nitrogens is 2. The van der Waals surface area contributed by atoms with Gasteiger partial charge in [-0.15, -0.1) is 13.2 Å². The fourth-order valence-electron chi connectivity index (χ4n) is 2.55. The molecule has 0 fully saturated rings. The molecule has 1 aromatic heterocycles. The third-order valence-corrected chi connectivity index (χ3v) is 3.51. The number of anilines is 1. The van der Waals surface area contributed by atoms with E-state index in [1.54, 1.807) is 24.3 Å². The van der Waals surface area contributed by atoms with Crippen molar-refractivity contribution in [3.8, 4) is 16.9 Å². The largest absolute Gasteiger partial charge is 0.573 e. The molecule has 3 rings (SSSR count). The van der Waals surface area contributed by atoms with Crippen molar-refractivity contribution >= 4 is 22.6 Å². The molecule has 2 aromatic carbocycles. The molecule has 3 aromatic rings. The Morgan fingerprint density at radius 1 is 1.20 bits per heavy atom. The molecule has 6 nitrogen and oxygen atoms in total. The van der Waals surface area contributed by atoms with Crippen LogP contribution in [0.4, 0.5) is 19.0 Å². The Morgan fingerprint density at radius 2 is 1.92 bits per heavy atom. The number of ether oxygens (including phenoxy) is 1. The molecule has 1 amide bonds. The second-order valence-electron chi connectivity index (χ2n) is 5.29. The predicted molar refractivity (Wildman–Crippen MR) is 85.5 cm³/mol. The molecule has 0 atom stereocenters. The van der Waals surface area contributed by atoms with Crippen LogP contribution in [0.3, 0.4) is 0 Å². The van der Waals surface area contributed by atoms with Gasteiger partial charge in [-0.2, -0.15) is 5.10 Å². The van der Waals surface area contributed by atoms with Crippen LogP contribution in [0.2, 0.25) is 0 Å². The quantitative estimate of drug-likeness (QED) is 0.756. The number of benzene rings is 2. The Labute approximate surface area is 139 Å². The Kier molecular flexibility index (Phi) is 3.99. The van der Waals surface area contributed by atoms with Crippen molar-refractivity contribution in [1.29, 1.82) is 0 Å². The fraction of sp³-hybridized carbons (Fsp3) is 0.125. The molecule has 0 saturated carbocycles. The van der Waals surface area contributed by atoms with Gasteiger partial charge in [0.15, 0.2) is 5.82 Å². The molecule has 0 saturated heterocycles. The van der Waals surface area contributed by atoms with Crippen LogP contribution < -0.4 is 16.2 Å². The van der Waals surface area contributed by atoms with Crippen LogP contribution in [-0.4, -0.2) is 22.1 Å². The van der Waals surface area contributed by atoms with E-state index in [9.17, 15) is 18.0 Å². The lowest BCUT2D eigenvalue weighted by Gasteiger charge is -2.13. The van der Waals surface area contributed by atoms with Crippen LogP contribution >= 0.6 is 0 Å². The number of carbonyl (C=O) groups excluding carboxylic acids is 1. The van der Waals surface area contributed by atoms with Gasteiger partial charge in [0.05, 0.1) is 5.52 Å². The standard InChI is InChI=1S/C16H13F3N4O2/c17-16(18,19)25-13-4-2-1-3-10(13)9-5-6-11-12(7-9)23(8-14(20)24)22-15(11)21/h1-7H,8H2,(H2,20,24)(H2,21,22). The number of nitrogens with zero attached hydrogens (tertiary/aromatic N) is 2. The van der Waals surface area contributed by atoms with Crippen molar-refractivity contribution in [2.24, 2.45) is 5.73 Å². The Bertz CT molecular complexity index is 950. The lowest BCUT2D eigenvalue weighted by atomic mass is 10.0. The summed E-state index contributed by atoms with van der Waals surface area (Å²) in [5, 5.41) is 4.60. The number of hydrogen-bond acceptors (Lipinski definition) is 4. The molecule has 0 spiro atoms. The van der Waals surface area contributed by atoms with Crippen LogP contribution in [0.5, 0.6) is 5.75 Å². The van der Waals surface area contributed by atoms with Crippen LogP contribution in [0.1, 0.15) is 0 Å². The molecule has 0 bridgehead atoms. The maximum atomic E-state index is 12.6. The second kappa shape index (κ2) is 6.00. The zero-order chi connectivity index (χ0) is 18.2. The molecule has 0 aliphatic heterocycles. The van der Waals surface area contributed by atoms with Gasteiger partial charge >= 0.3 is 6.36 Å². The summed E-state index contributed by atoms with van der Waals surface area (Å²) >= 11 is 0. The smallest absolute Gasteiger partial charge is 0.405 e. The highest BCUT2D eigenvalue weighted by Gasteiger charge is 2.32. The first-order valence-electron chi connectivity index (χ1n) is 7.14. The number of rotatable bonds is 4. The van der Waals surface area contributed by atoms with E-state index in [1.807, 2.05) is 0 Å². The van der Waals surface area contributed by atoms with E-state index in [0.717, 1.165) is 0 Å². The van der Waals surface area contributed by atoms with Gasteiger partial charge in [-0.1, -0.05) is 24.3 Å². The number of carbonyl (C=O) groups is 1. The van der Waals surface area contributed by atoms with Gasteiger partial charge < -0.3 is 16.2 Å². The van der Waals surface area contributed by atoms with Crippen molar-refractivity contribution in [2.45, 2.75) is 12.9 Å². The summed E-state index contributed by atoms with van der Waals surface area (Å²) in [6, 6.07) is 10.6. The molecule has 4 N–H and O–H groups in total. The van der Waals surface area contributed by atoms with Crippen LogP contribution in [0.25, 0.3) is 22.0 Å². The topological polar surface area (TPSA) is 96.2 Å². The van der Waals surface area contributed by atoms with Crippen LogP contribution in [0.15, 0.2) is 42.5 Å². The van der Waals surface area contributed by atoms with Gasteiger partial charge in [-0.25, -0.2) is 0 Å². The van der Waals surface area contributed by atoms with Gasteiger partial charge in [-0.05, 0) is 23.8 Å². The minimum Gasteiger partial charge on any atom is -0.405 e. The SMILES string of the molecule is NC(=O)Cn1nc(N)c2ccc(-c3ccccc3OC(F)(F)F)cc21. The molecule has 0 unspecified atom stereocenters. The van der Waals surface area contributed by atoms with Crippen molar-refractivity contribution < 1.29 is 22.7 Å². The summed E-state index contributed by atoms with van der Waals surface area (Å²) in [7, 11) is 0. The van der Waals surface area contributed by atoms with E-state index < -0.39 is 12.3 Å². The lowest BCUT2D eigenvalue weighted by molar-refractivity contribution is -0.274. The number of nitrogen functional groups attached to an aromatic ring is 1. The summed E-state index contributed by atoms with van der Waals surface area (Å²) in [6.07, 6.45) is -4.81. The van der Waals surface area contributed by atoms with Gasteiger partial charge in [0.2, 0.25) is 5.91 Å². The van der Waals surface area contributed by atoms with Crippen molar-refractivity contribution in [3.05, 3.63) is 42.5 Å². The molecule has 1 heterocycles. The summed E-state index contributed by atoms with van der Waals surface area (Å²) in [4.78, 5) is 11.2. The number of amides is 1. The predicted octanol–water partition coefficient (Wildman–Crippen LogP) is 2.67. The van der Waals surface area contributed by atoms with E-state index >= 15 is 0 Å². The number of hydrogen-bond donors (Lipinski definition) is 2. The first-order chi connectivity index (χ1) is 11.7. The normalized spacial score (nSPS) is 11.6. The third-order valence-electron chi connectivity index (χ3n) is 3.51. The molecule has 25 heavy (non-hydrogen) atoms. The lowest BCUT2D eigenvalue weighted by Crippen LogP contribution is -2.19. The fourth-order valence-corrected chi connectivity index (χ4v) is 2.55. The number of halogens is 3. The highest BCUT2D eigenvalue weighted by molar-refractivity contribution is 5.93. The second-order valence-corrected chi connectivity index (χ2v) is 5.29. The highest BCUT2D eigenvalue weighted by atomic mass is 19.4. The Morgan fingerprint density at radius 3 is 2.60 bits per heavy atom. The summed E-state index contributed by atoms with van der Waals surface area (Å²) in [6.45, 7) is -0.197. The minimum atomic E-state index is -4.81. The maximum Gasteiger partial charge on any atom is 0.573 e. The third kappa shape index (κ3) is 3.49. The number of alkyl halides is 3. The van der Waals surface area contributed by atoms with Gasteiger partial charge in [0, 0.05) is 10.9 Å². The molecule has 130 valence electrons. The van der Waals surface area contributed by atoms with Gasteiger partial charge in [-0.3, -0.25) is 9.48 Å². The minimum absolute atomic E-state index is 0.197. The van der Waals surface area contributed by atoms with Crippen molar-refractivity contribution in [3.63, 3.8) is 0 Å². The number of nitrogens with two attached hydrogens (primary N) is 2. The van der Waals surface area contributed by atoms with E-state index in [0.29, 0.717) is 16.5 Å². The van der Waals surface area contributed by atoms with Crippen LogP contribution in [-0.2, 0) is 11.3 Å². The van der Waals surface area contributed by atoms with Gasteiger partial charge in [0.1, 0.15) is 12.3 Å². The van der Waals surface area contributed by atoms with Crippen molar-refractivity contribution in [1.82, 2.24) is 9.78 Å². The summed E-state index contributed by atoms with van der Waals surface area (Å²) in [5.41, 5.74) is 12.2. The maximum absolute atomic E-state index is 12.6. The summed E-state index contributed by atoms with van der Waals surface area (Å²) < 4.78 is 43.2. The average Bonchev–Trinajstić information content (AvgIpc) is 2.81. The molecular weight excluding hydrogens is 337 g/mol. The number of primary amides is 1. The van der Waals surface area contributed by atoms with Crippen molar-refractivity contribution in [2.75, 3.05) is 5.73 Å². The number of fused-ring (bicyclic) bond motifs is 1. The molecule has 9 heteroatoms. The Balaban J connectivity index is 2.13. The Hall–Kier alpha value is -3.23. The van der Waals surface area contributed by atoms with E-state index in [-0.39, 0.29) is 23.7 Å². The zero-order valence-corrected chi connectivity index (χ0v) is 12.7. The molecular formula is C16H13F3N4O2. The zero-order valence-electron chi connectivity index (χ0n) is 12.7. The van der Waals surface area contributed by atoms with Gasteiger partial charge in [0.25, 0.3) is 0 Å². The summed E-state index contributed by atoms with van der Waals surface area (Å²) in [5.74, 6) is -0.749. The average molecular weight is 350 g/mol. The molecule has 0 radical (unpaired) electrons.